The average molecular weight is 416 g/mol. The number of nitrogen functional groups attached to an aromatic ring is 1. The van der Waals surface area contributed by atoms with Crippen molar-refractivity contribution in [3.63, 3.8) is 0 Å². The van der Waals surface area contributed by atoms with E-state index in [1.807, 2.05) is 0 Å². The zero-order chi connectivity index (χ0) is 21.8. The predicted octanol–water partition coefficient (Wildman–Crippen LogP) is 3.11. The van der Waals surface area contributed by atoms with Crippen molar-refractivity contribution < 1.29 is 27.8 Å². The molecule has 8 nitrogen and oxygen atoms in total. The summed E-state index contributed by atoms with van der Waals surface area (Å²) in [6.45, 7) is 0.113. The van der Waals surface area contributed by atoms with Gasteiger partial charge in [0.2, 0.25) is 5.78 Å². The molecule has 3 aromatic rings. The number of esters is 1. The van der Waals surface area contributed by atoms with Crippen LogP contribution in [-0.2, 0) is 4.74 Å². The molecule has 2 N–H and O–H groups in total. The highest BCUT2D eigenvalue weighted by Gasteiger charge is 2.20. The van der Waals surface area contributed by atoms with E-state index in [-0.39, 0.29) is 17.3 Å². The standard InChI is InChI=1S/C20H18F2N4O4/c1-11-9-15(16(27)10-29-19(28)17-18(23)25-8-7-24-17)12(2)26(11)13-3-5-14(6-4-13)30-20(21)22/h3-9,20H,10H2,1-2H3,(H2,23,25). The minimum Gasteiger partial charge on any atom is -0.452 e. The summed E-state index contributed by atoms with van der Waals surface area (Å²) in [4.78, 5) is 32.2. The van der Waals surface area contributed by atoms with Gasteiger partial charge in [-0.2, -0.15) is 8.78 Å². The van der Waals surface area contributed by atoms with Crippen molar-refractivity contribution in [3.05, 3.63) is 65.4 Å². The molecule has 10 heteroatoms. The molecule has 30 heavy (non-hydrogen) atoms. The molecule has 2 aromatic heterocycles. The number of ketones is 1. The number of Topliss-reactive ketones (excluding diaryl/α,β-unsaturated/α-hetero) is 1. The summed E-state index contributed by atoms with van der Waals surface area (Å²) >= 11 is 0. The van der Waals surface area contributed by atoms with Crippen molar-refractivity contribution in [2.24, 2.45) is 0 Å². The summed E-state index contributed by atoms with van der Waals surface area (Å²) in [5.74, 6) is -1.32. The Bertz CT molecular complexity index is 1080. The molecular formula is C20H18F2N4O4. The van der Waals surface area contributed by atoms with Crippen molar-refractivity contribution in [2.75, 3.05) is 12.3 Å². The number of benzene rings is 1. The summed E-state index contributed by atoms with van der Waals surface area (Å²) in [5, 5.41) is 0. The van der Waals surface area contributed by atoms with Crippen molar-refractivity contribution in [1.29, 1.82) is 0 Å². The van der Waals surface area contributed by atoms with Gasteiger partial charge in [-0.15, -0.1) is 0 Å². The van der Waals surface area contributed by atoms with Crippen molar-refractivity contribution in [3.8, 4) is 11.4 Å². The Hall–Kier alpha value is -3.82. The number of carbonyl (C=O) groups excluding carboxylic acids is 2. The number of halogens is 2. The molecule has 0 bridgehead atoms. The third-order valence-electron chi connectivity index (χ3n) is 4.31. The Morgan fingerprint density at radius 1 is 1.13 bits per heavy atom. The molecule has 0 amide bonds. The molecule has 0 aliphatic rings. The lowest BCUT2D eigenvalue weighted by Gasteiger charge is -2.11. The molecule has 0 atom stereocenters. The van der Waals surface area contributed by atoms with Crippen LogP contribution in [0.2, 0.25) is 0 Å². The van der Waals surface area contributed by atoms with Gasteiger partial charge in [0.05, 0.1) is 0 Å². The maximum absolute atomic E-state index is 12.6. The predicted molar refractivity (Wildman–Crippen MR) is 103 cm³/mol. The Morgan fingerprint density at radius 3 is 2.43 bits per heavy atom. The second-order valence-corrected chi connectivity index (χ2v) is 6.28. The second-order valence-electron chi connectivity index (χ2n) is 6.28. The first-order valence-electron chi connectivity index (χ1n) is 8.79. The van der Waals surface area contributed by atoms with Crippen LogP contribution in [0, 0.1) is 13.8 Å². The first-order chi connectivity index (χ1) is 14.3. The van der Waals surface area contributed by atoms with Crippen molar-refractivity contribution in [1.82, 2.24) is 14.5 Å². The van der Waals surface area contributed by atoms with Crippen LogP contribution in [0.25, 0.3) is 5.69 Å². The van der Waals surface area contributed by atoms with Gasteiger partial charge >= 0.3 is 12.6 Å². The summed E-state index contributed by atoms with van der Waals surface area (Å²) in [6.07, 6.45) is 2.62. The molecule has 0 saturated heterocycles. The number of aromatic nitrogens is 3. The maximum atomic E-state index is 12.6. The lowest BCUT2D eigenvalue weighted by atomic mass is 10.1. The maximum Gasteiger partial charge on any atom is 0.387 e. The number of aryl methyl sites for hydroxylation is 1. The number of carbonyl (C=O) groups is 2. The van der Waals surface area contributed by atoms with Crippen LogP contribution in [0.4, 0.5) is 14.6 Å². The van der Waals surface area contributed by atoms with Crippen LogP contribution in [0.15, 0.2) is 42.7 Å². The first kappa shape index (κ1) is 20.9. The molecule has 2 heterocycles. The highest BCUT2D eigenvalue weighted by Crippen LogP contribution is 2.24. The fourth-order valence-electron chi connectivity index (χ4n) is 3.00. The van der Waals surface area contributed by atoms with Gasteiger partial charge < -0.3 is 19.8 Å². The monoisotopic (exact) mass is 416 g/mol. The molecule has 156 valence electrons. The largest absolute Gasteiger partial charge is 0.452 e. The van der Waals surface area contributed by atoms with Gasteiger partial charge in [0.1, 0.15) is 5.75 Å². The lowest BCUT2D eigenvalue weighted by Crippen LogP contribution is -2.17. The molecule has 1 aromatic carbocycles. The SMILES string of the molecule is Cc1cc(C(=O)COC(=O)c2nccnc2N)c(C)n1-c1ccc(OC(F)F)cc1. The molecule has 0 radical (unpaired) electrons. The Balaban J connectivity index is 1.75. The van der Waals surface area contributed by atoms with Gasteiger partial charge in [0.15, 0.2) is 18.1 Å². The van der Waals surface area contributed by atoms with Crippen LogP contribution in [0.3, 0.4) is 0 Å². The topological polar surface area (TPSA) is 109 Å². The van der Waals surface area contributed by atoms with Crippen LogP contribution < -0.4 is 10.5 Å². The van der Waals surface area contributed by atoms with Gasteiger partial charge in [-0.1, -0.05) is 0 Å². The molecule has 0 fully saturated rings. The summed E-state index contributed by atoms with van der Waals surface area (Å²) in [6, 6.07) is 7.68. The zero-order valence-corrected chi connectivity index (χ0v) is 16.1. The molecule has 3 rings (SSSR count). The molecule has 0 unspecified atom stereocenters. The molecule has 0 aliphatic carbocycles. The zero-order valence-electron chi connectivity index (χ0n) is 16.1. The number of alkyl halides is 2. The van der Waals surface area contributed by atoms with E-state index in [9.17, 15) is 18.4 Å². The minimum absolute atomic E-state index is 0.0303. The normalized spacial score (nSPS) is 10.8. The molecular weight excluding hydrogens is 398 g/mol. The third kappa shape index (κ3) is 4.43. The van der Waals surface area contributed by atoms with Gasteiger partial charge in [0.25, 0.3) is 0 Å². The van der Waals surface area contributed by atoms with E-state index in [4.69, 9.17) is 10.5 Å². The average Bonchev–Trinajstić information content (AvgIpc) is 3.01. The molecule has 0 aliphatic heterocycles. The van der Waals surface area contributed by atoms with E-state index in [2.05, 4.69) is 14.7 Å². The quantitative estimate of drug-likeness (QED) is 0.466. The summed E-state index contributed by atoms with van der Waals surface area (Å²) in [5.41, 5.74) is 7.78. The fraction of sp³-hybridized carbons (Fsp3) is 0.200. The van der Waals surface area contributed by atoms with E-state index in [0.29, 0.717) is 16.9 Å². The first-order valence-corrected chi connectivity index (χ1v) is 8.79. The Kier molecular flexibility index (Phi) is 6.05. The van der Waals surface area contributed by atoms with Gasteiger partial charge in [-0.3, -0.25) is 4.79 Å². The molecule has 0 spiro atoms. The Labute approximate surface area is 170 Å². The Morgan fingerprint density at radius 2 is 1.80 bits per heavy atom. The number of anilines is 1. The number of nitrogens with two attached hydrogens (primary N) is 1. The lowest BCUT2D eigenvalue weighted by molar-refractivity contribution is -0.0498. The summed E-state index contributed by atoms with van der Waals surface area (Å²) in [7, 11) is 0. The van der Waals surface area contributed by atoms with Crippen molar-refractivity contribution in [2.45, 2.75) is 20.5 Å². The van der Waals surface area contributed by atoms with Gasteiger partial charge in [-0.25, -0.2) is 14.8 Å². The van der Waals surface area contributed by atoms with E-state index in [0.717, 1.165) is 5.69 Å². The number of rotatable bonds is 7. The minimum atomic E-state index is -2.91. The summed E-state index contributed by atoms with van der Waals surface area (Å²) < 4.78 is 35.8. The van der Waals surface area contributed by atoms with Gasteiger partial charge in [-0.05, 0) is 44.2 Å². The highest BCUT2D eigenvalue weighted by atomic mass is 19.3. The number of ether oxygens (including phenoxy) is 2. The second kappa shape index (κ2) is 8.68. The van der Waals surface area contributed by atoms with Crippen LogP contribution in [-0.4, -0.2) is 39.5 Å². The van der Waals surface area contributed by atoms with Crippen LogP contribution in [0.5, 0.6) is 5.75 Å². The van der Waals surface area contributed by atoms with E-state index < -0.39 is 25.0 Å². The van der Waals surface area contributed by atoms with Crippen LogP contribution >= 0.6 is 0 Å². The van der Waals surface area contributed by atoms with E-state index in [1.165, 1.54) is 24.5 Å². The third-order valence-corrected chi connectivity index (χ3v) is 4.31. The highest BCUT2D eigenvalue weighted by molar-refractivity contribution is 6.01. The number of hydrogen-bond donors (Lipinski definition) is 1. The van der Waals surface area contributed by atoms with Gasteiger partial charge in [0, 0.05) is 35.0 Å². The fourth-order valence-corrected chi connectivity index (χ4v) is 3.00. The van der Waals surface area contributed by atoms with E-state index >= 15 is 0 Å². The smallest absolute Gasteiger partial charge is 0.387 e. The van der Waals surface area contributed by atoms with Crippen LogP contribution in [0.1, 0.15) is 32.2 Å². The van der Waals surface area contributed by atoms with Crippen molar-refractivity contribution >= 4 is 17.6 Å². The molecule has 0 saturated carbocycles. The number of hydrogen-bond acceptors (Lipinski definition) is 7. The number of nitrogens with zero attached hydrogens (tertiary/aromatic N) is 3. The van der Waals surface area contributed by atoms with E-state index in [1.54, 1.807) is 36.6 Å².